The van der Waals surface area contributed by atoms with Gasteiger partial charge in [-0.3, -0.25) is 9.59 Å². The molecule has 1 aromatic heterocycles. The first kappa shape index (κ1) is 21.1. The molecule has 3 N–H and O–H groups in total. The first-order chi connectivity index (χ1) is 14.1. The average Bonchev–Trinajstić information content (AvgIpc) is 3.17. The van der Waals surface area contributed by atoms with Crippen LogP contribution in [0.3, 0.4) is 0 Å². The summed E-state index contributed by atoms with van der Waals surface area (Å²) in [5, 5.41) is 6.69. The molecule has 2 aromatic carbocycles. The fourth-order valence-electron chi connectivity index (χ4n) is 2.49. The van der Waals surface area contributed by atoms with Gasteiger partial charge in [0.1, 0.15) is 5.69 Å². The van der Waals surface area contributed by atoms with Crippen LogP contribution in [0.5, 0.6) is 0 Å². The largest absolute Gasteiger partial charge is 0.416 e. The lowest BCUT2D eigenvalue weighted by Crippen LogP contribution is -2.12. The molecule has 0 radical (unpaired) electrons. The van der Waals surface area contributed by atoms with Crippen molar-refractivity contribution in [1.82, 2.24) is 9.78 Å². The van der Waals surface area contributed by atoms with Gasteiger partial charge in [-0.05, 0) is 60.2 Å². The molecule has 6 nitrogen and oxygen atoms in total. The van der Waals surface area contributed by atoms with Crippen LogP contribution in [0.25, 0.3) is 11.8 Å². The van der Waals surface area contributed by atoms with Gasteiger partial charge in [0.2, 0.25) is 5.91 Å². The summed E-state index contributed by atoms with van der Waals surface area (Å²) in [4.78, 5) is 23.2. The van der Waals surface area contributed by atoms with E-state index in [0.717, 1.165) is 24.3 Å². The van der Waals surface area contributed by atoms with Crippen LogP contribution in [0.15, 0.2) is 60.8 Å². The summed E-state index contributed by atoms with van der Waals surface area (Å²) < 4.78 is 39.9. The Kier molecular flexibility index (Phi) is 5.93. The summed E-state index contributed by atoms with van der Waals surface area (Å²) in [5.41, 5.74) is 5.57. The summed E-state index contributed by atoms with van der Waals surface area (Å²) in [6, 6.07) is 10.8. The molecule has 0 fully saturated rings. The zero-order valence-electron chi connectivity index (χ0n) is 15.2. The summed E-state index contributed by atoms with van der Waals surface area (Å²) in [6.07, 6.45) is -0.655. The molecule has 0 saturated heterocycles. The number of carbonyl (C=O) groups is 2. The Morgan fingerprint density at radius 2 is 1.80 bits per heavy atom. The minimum atomic E-state index is -4.51. The van der Waals surface area contributed by atoms with Crippen LogP contribution in [0, 0.1) is 0 Å². The molecule has 3 rings (SSSR count). The van der Waals surface area contributed by atoms with E-state index < -0.39 is 23.6 Å². The number of alkyl halides is 3. The number of primary amides is 1. The van der Waals surface area contributed by atoms with E-state index in [1.165, 1.54) is 16.8 Å². The third-order valence-electron chi connectivity index (χ3n) is 3.98. The number of amides is 2. The highest BCUT2D eigenvalue weighted by Gasteiger charge is 2.30. The normalized spacial score (nSPS) is 11.6. The number of benzene rings is 2. The van der Waals surface area contributed by atoms with Crippen LogP contribution >= 0.6 is 11.6 Å². The zero-order chi connectivity index (χ0) is 21.9. The van der Waals surface area contributed by atoms with Crippen molar-refractivity contribution >= 4 is 35.2 Å². The Bertz CT molecular complexity index is 1120. The Hall–Kier alpha value is -3.59. The van der Waals surface area contributed by atoms with Gasteiger partial charge in [0.25, 0.3) is 5.91 Å². The summed E-state index contributed by atoms with van der Waals surface area (Å²) in [5.74, 6) is -1.20. The molecule has 154 valence electrons. The second-order valence-corrected chi connectivity index (χ2v) is 6.52. The van der Waals surface area contributed by atoms with Crippen molar-refractivity contribution in [2.75, 3.05) is 5.32 Å². The molecule has 0 unspecified atom stereocenters. The molecule has 0 aliphatic heterocycles. The third kappa shape index (κ3) is 5.06. The van der Waals surface area contributed by atoms with Crippen molar-refractivity contribution in [3.63, 3.8) is 0 Å². The molecule has 0 bridgehead atoms. The quantitative estimate of drug-likeness (QED) is 0.587. The smallest absolute Gasteiger partial charge is 0.364 e. The molecule has 10 heteroatoms. The minimum Gasteiger partial charge on any atom is -0.364 e. The highest BCUT2D eigenvalue weighted by molar-refractivity contribution is 6.32. The molecule has 3 aromatic rings. The number of aromatic nitrogens is 2. The van der Waals surface area contributed by atoms with Gasteiger partial charge in [0, 0.05) is 23.0 Å². The maximum atomic E-state index is 12.8. The molecule has 0 saturated carbocycles. The molecule has 0 atom stereocenters. The van der Waals surface area contributed by atoms with Crippen molar-refractivity contribution in [3.8, 4) is 5.69 Å². The van der Waals surface area contributed by atoms with E-state index in [1.807, 2.05) is 0 Å². The fraction of sp³-hybridized carbons (Fsp3) is 0.0500. The fourth-order valence-corrected chi connectivity index (χ4v) is 2.67. The van der Waals surface area contributed by atoms with Crippen molar-refractivity contribution in [2.24, 2.45) is 5.73 Å². The lowest BCUT2D eigenvalue weighted by molar-refractivity contribution is -0.137. The number of halogens is 4. The van der Waals surface area contributed by atoms with Crippen molar-refractivity contribution < 1.29 is 22.8 Å². The minimum absolute atomic E-state index is 0.0703. The predicted octanol–water partition coefficient (Wildman–Crippen LogP) is 4.30. The van der Waals surface area contributed by atoms with Gasteiger partial charge in [0.05, 0.1) is 11.3 Å². The van der Waals surface area contributed by atoms with Crippen LogP contribution in [-0.2, 0) is 11.0 Å². The molecule has 0 aliphatic carbocycles. The highest BCUT2D eigenvalue weighted by atomic mass is 35.5. The average molecular weight is 435 g/mol. The molecule has 1 heterocycles. The van der Waals surface area contributed by atoms with Crippen molar-refractivity contribution in [1.29, 1.82) is 0 Å². The number of nitrogens with zero attached hydrogens (tertiary/aromatic N) is 2. The molecule has 0 aliphatic rings. The number of carbonyl (C=O) groups excluding carboxylic acids is 2. The first-order valence-electron chi connectivity index (χ1n) is 8.45. The second-order valence-electron chi connectivity index (χ2n) is 6.11. The Morgan fingerprint density at radius 3 is 2.40 bits per heavy atom. The third-order valence-corrected chi connectivity index (χ3v) is 4.32. The first-order valence-corrected chi connectivity index (χ1v) is 8.83. The SMILES string of the molecule is NC(=O)c1ccn(-c2ccc(NC(=O)/C=C/c3cc(C(F)(F)F)ccc3Cl)cc2)n1. The number of rotatable bonds is 5. The van der Waals surface area contributed by atoms with Gasteiger partial charge in [-0.2, -0.15) is 18.3 Å². The number of anilines is 1. The maximum Gasteiger partial charge on any atom is 0.416 e. The molecular weight excluding hydrogens is 421 g/mol. The van der Waals surface area contributed by atoms with E-state index in [0.29, 0.717) is 11.4 Å². The zero-order valence-corrected chi connectivity index (χ0v) is 15.9. The van der Waals surface area contributed by atoms with Crippen LogP contribution in [0.4, 0.5) is 18.9 Å². The summed E-state index contributed by atoms with van der Waals surface area (Å²) in [6.45, 7) is 0. The van der Waals surface area contributed by atoms with Crippen LogP contribution in [-0.4, -0.2) is 21.6 Å². The molecule has 30 heavy (non-hydrogen) atoms. The van der Waals surface area contributed by atoms with E-state index in [4.69, 9.17) is 17.3 Å². The molecular formula is C20H14ClF3N4O2. The van der Waals surface area contributed by atoms with E-state index in [1.54, 1.807) is 30.5 Å². The van der Waals surface area contributed by atoms with Crippen molar-refractivity contribution in [3.05, 3.63) is 82.6 Å². The predicted molar refractivity (Wildman–Crippen MR) is 106 cm³/mol. The number of hydrogen-bond acceptors (Lipinski definition) is 3. The van der Waals surface area contributed by atoms with Gasteiger partial charge < -0.3 is 11.1 Å². The number of hydrogen-bond donors (Lipinski definition) is 2. The lowest BCUT2D eigenvalue weighted by atomic mass is 10.1. The second kappa shape index (κ2) is 8.42. The topological polar surface area (TPSA) is 90.0 Å². The van der Waals surface area contributed by atoms with Crippen molar-refractivity contribution in [2.45, 2.75) is 6.18 Å². The summed E-state index contributed by atoms with van der Waals surface area (Å²) >= 11 is 5.90. The van der Waals surface area contributed by atoms with E-state index in [9.17, 15) is 22.8 Å². The van der Waals surface area contributed by atoms with E-state index in [-0.39, 0.29) is 16.3 Å². The van der Waals surface area contributed by atoms with Gasteiger partial charge in [-0.15, -0.1) is 0 Å². The van der Waals surface area contributed by atoms with E-state index in [2.05, 4.69) is 10.4 Å². The van der Waals surface area contributed by atoms with Gasteiger partial charge in [-0.25, -0.2) is 4.68 Å². The van der Waals surface area contributed by atoms with Crippen LogP contribution < -0.4 is 11.1 Å². The lowest BCUT2D eigenvalue weighted by Gasteiger charge is -2.08. The van der Waals surface area contributed by atoms with E-state index >= 15 is 0 Å². The van der Waals surface area contributed by atoms with Gasteiger partial charge in [-0.1, -0.05) is 11.6 Å². The van der Waals surface area contributed by atoms with Crippen LogP contribution in [0.2, 0.25) is 5.02 Å². The Labute approximate surface area is 173 Å². The maximum absolute atomic E-state index is 12.8. The van der Waals surface area contributed by atoms with Gasteiger partial charge in [0.15, 0.2) is 0 Å². The summed E-state index contributed by atoms with van der Waals surface area (Å²) in [7, 11) is 0. The number of nitrogens with one attached hydrogen (secondary N) is 1. The molecule has 2 amide bonds. The highest BCUT2D eigenvalue weighted by Crippen LogP contribution is 2.32. The Morgan fingerprint density at radius 1 is 1.10 bits per heavy atom. The van der Waals surface area contributed by atoms with Crippen LogP contribution in [0.1, 0.15) is 21.6 Å². The standard InChI is InChI=1S/C20H14ClF3N4O2/c21-16-7-2-13(20(22,23)24)11-12(16)1-8-18(29)26-14-3-5-15(6-4-14)28-10-9-17(27-28)19(25)30/h1-11H,(H2,25,30)(H,26,29)/b8-1+. The molecule has 0 spiro atoms. The monoisotopic (exact) mass is 434 g/mol. The van der Waals surface area contributed by atoms with Gasteiger partial charge >= 0.3 is 6.18 Å². The Balaban J connectivity index is 1.68. The number of nitrogens with two attached hydrogens (primary N) is 1.